The Morgan fingerprint density at radius 3 is 2.70 bits per heavy atom. The lowest BCUT2D eigenvalue weighted by Gasteiger charge is -2.23. The first-order valence-electron chi connectivity index (χ1n) is 9.13. The number of nitrogens with zero attached hydrogens (tertiary/aromatic N) is 1. The highest BCUT2D eigenvalue weighted by Gasteiger charge is 2.46. The van der Waals surface area contributed by atoms with Gasteiger partial charge in [0.05, 0.1) is 18.2 Å². The van der Waals surface area contributed by atoms with Crippen molar-refractivity contribution in [1.29, 1.82) is 0 Å². The highest BCUT2D eigenvalue weighted by Crippen LogP contribution is 2.41. The number of ether oxygens (including phenoxy) is 1. The first-order valence-corrected chi connectivity index (χ1v) is 10.0. The number of carbonyl (C=O) groups excluding carboxylic acids is 2. The zero-order chi connectivity index (χ0) is 19.4. The van der Waals surface area contributed by atoms with Crippen molar-refractivity contribution in [2.24, 2.45) is 0 Å². The topological polar surface area (TPSA) is 66.8 Å². The lowest BCUT2D eigenvalue weighted by molar-refractivity contribution is -0.139. The summed E-state index contributed by atoms with van der Waals surface area (Å²) in [7, 11) is 0. The van der Waals surface area contributed by atoms with Gasteiger partial charge in [0.2, 0.25) is 0 Å². The van der Waals surface area contributed by atoms with Crippen LogP contribution in [0.5, 0.6) is 5.75 Å². The van der Waals surface area contributed by atoms with E-state index in [4.69, 9.17) is 4.74 Å². The fourth-order valence-corrected chi connectivity index (χ4v) is 4.08. The number of unbranched alkanes of at least 4 members (excludes halogenated alkanes) is 1. The number of aliphatic hydroxyl groups excluding tert-OH is 1. The van der Waals surface area contributed by atoms with Crippen LogP contribution in [0.15, 0.2) is 47.4 Å². The lowest BCUT2D eigenvalue weighted by atomic mass is 9.99. The monoisotopic (exact) mass is 385 g/mol. The maximum absolute atomic E-state index is 12.8. The second kappa shape index (κ2) is 8.39. The van der Waals surface area contributed by atoms with E-state index in [-0.39, 0.29) is 11.3 Å². The number of rotatable bonds is 7. The molecule has 2 aromatic rings. The van der Waals surface area contributed by atoms with Crippen LogP contribution in [-0.2, 0) is 9.59 Å². The molecule has 3 rings (SSSR count). The van der Waals surface area contributed by atoms with E-state index in [2.05, 4.69) is 0 Å². The molecule has 1 atom stereocenters. The minimum absolute atomic E-state index is 0.146. The van der Waals surface area contributed by atoms with Crippen LogP contribution in [0.25, 0.3) is 5.76 Å². The number of carbonyl (C=O) groups is 2. The molecule has 0 aliphatic carbocycles. The molecular weight excluding hydrogens is 362 g/mol. The first-order chi connectivity index (χ1) is 13.1. The molecule has 1 N–H and O–H groups in total. The summed E-state index contributed by atoms with van der Waals surface area (Å²) in [6, 6.07) is 10.2. The smallest absolute Gasteiger partial charge is 0.295 e. The van der Waals surface area contributed by atoms with E-state index in [9.17, 15) is 14.7 Å². The molecule has 142 valence electrons. The van der Waals surface area contributed by atoms with Crippen molar-refractivity contribution in [2.45, 2.75) is 32.7 Å². The molecule has 1 fully saturated rings. The number of hydrogen-bond acceptors (Lipinski definition) is 5. The number of benzene rings is 1. The average molecular weight is 385 g/mol. The van der Waals surface area contributed by atoms with Gasteiger partial charge in [0.1, 0.15) is 11.5 Å². The number of amides is 1. The van der Waals surface area contributed by atoms with Crippen molar-refractivity contribution in [3.63, 3.8) is 0 Å². The van der Waals surface area contributed by atoms with Crippen molar-refractivity contribution in [3.8, 4) is 5.75 Å². The maximum Gasteiger partial charge on any atom is 0.295 e. The minimum atomic E-state index is -0.635. The van der Waals surface area contributed by atoms with Gasteiger partial charge in [-0.15, -0.1) is 11.3 Å². The number of aliphatic hydroxyl groups is 1. The van der Waals surface area contributed by atoms with Crippen LogP contribution >= 0.6 is 11.3 Å². The standard InChI is InChI=1S/C21H23NO4S/c1-3-5-11-22-18(16-10-7-12-27-16)17(20(24)21(22)25)19(23)14-8-6-9-15(13-14)26-4-2/h6-10,12-13,18,23H,3-5,11H2,1-2H3/b19-17-. The van der Waals surface area contributed by atoms with E-state index in [1.54, 1.807) is 29.2 Å². The molecule has 1 amide bonds. The van der Waals surface area contributed by atoms with E-state index >= 15 is 0 Å². The SMILES string of the molecule is CCCCN1C(=O)C(=O)/C(=C(\O)c2cccc(OCC)c2)C1c1cccs1. The summed E-state index contributed by atoms with van der Waals surface area (Å²) in [4.78, 5) is 27.9. The molecule has 2 heterocycles. The maximum atomic E-state index is 12.8. The predicted molar refractivity (Wildman–Crippen MR) is 106 cm³/mol. The molecule has 0 saturated carbocycles. The van der Waals surface area contributed by atoms with Crippen molar-refractivity contribution < 1.29 is 19.4 Å². The molecule has 1 aliphatic rings. The Kier molecular flexibility index (Phi) is 5.96. The summed E-state index contributed by atoms with van der Waals surface area (Å²) < 4.78 is 5.49. The Morgan fingerprint density at radius 1 is 1.22 bits per heavy atom. The van der Waals surface area contributed by atoms with Gasteiger partial charge >= 0.3 is 0 Å². The predicted octanol–water partition coefficient (Wildman–Crippen LogP) is 4.37. The molecule has 1 saturated heterocycles. The van der Waals surface area contributed by atoms with Gasteiger partial charge in [-0.3, -0.25) is 9.59 Å². The third-order valence-corrected chi connectivity index (χ3v) is 5.45. The quantitative estimate of drug-likeness (QED) is 0.437. The number of hydrogen-bond donors (Lipinski definition) is 1. The molecule has 6 heteroatoms. The first kappa shape index (κ1) is 19.2. The van der Waals surface area contributed by atoms with Gasteiger partial charge in [-0.2, -0.15) is 0 Å². The van der Waals surface area contributed by atoms with Gasteiger partial charge in [-0.1, -0.05) is 31.5 Å². The Morgan fingerprint density at radius 2 is 2.04 bits per heavy atom. The van der Waals surface area contributed by atoms with Crippen LogP contribution in [0.4, 0.5) is 0 Å². The van der Waals surface area contributed by atoms with Crippen molar-refractivity contribution >= 4 is 28.8 Å². The van der Waals surface area contributed by atoms with Gasteiger partial charge < -0.3 is 14.7 Å². The number of Topliss-reactive ketones (excluding diaryl/α,β-unsaturated/α-hetero) is 1. The van der Waals surface area contributed by atoms with Gasteiger partial charge in [0.15, 0.2) is 0 Å². The summed E-state index contributed by atoms with van der Waals surface area (Å²) in [6.07, 6.45) is 1.71. The van der Waals surface area contributed by atoms with Crippen molar-refractivity contribution in [3.05, 3.63) is 57.8 Å². The number of likely N-dealkylation sites (tertiary alicyclic amines) is 1. The van der Waals surface area contributed by atoms with Crippen LogP contribution in [0, 0.1) is 0 Å². The van der Waals surface area contributed by atoms with Crippen LogP contribution < -0.4 is 4.74 Å². The van der Waals surface area contributed by atoms with E-state index in [0.29, 0.717) is 24.5 Å². The molecule has 0 spiro atoms. The summed E-state index contributed by atoms with van der Waals surface area (Å²) >= 11 is 1.47. The van der Waals surface area contributed by atoms with Crippen molar-refractivity contribution in [2.75, 3.05) is 13.2 Å². The van der Waals surface area contributed by atoms with Crippen LogP contribution in [0.3, 0.4) is 0 Å². The fraction of sp³-hybridized carbons (Fsp3) is 0.333. The Balaban J connectivity index is 2.10. The second-order valence-corrected chi connectivity index (χ2v) is 7.30. The molecule has 0 bridgehead atoms. The van der Waals surface area contributed by atoms with Gasteiger partial charge in [-0.05, 0) is 36.9 Å². The third kappa shape index (κ3) is 3.76. The van der Waals surface area contributed by atoms with Gasteiger partial charge in [-0.25, -0.2) is 0 Å². The summed E-state index contributed by atoms with van der Waals surface area (Å²) in [6.45, 7) is 4.90. The summed E-state index contributed by atoms with van der Waals surface area (Å²) in [5, 5.41) is 12.9. The zero-order valence-corrected chi connectivity index (χ0v) is 16.3. The lowest BCUT2D eigenvalue weighted by Crippen LogP contribution is -2.30. The van der Waals surface area contributed by atoms with Crippen LogP contribution in [0.2, 0.25) is 0 Å². The zero-order valence-electron chi connectivity index (χ0n) is 15.5. The normalized spacial score (nSPS) is 18.9. The molecule has 1 aromatic heterocycles. The largest absolute Gasteiger partial charge is 0.507 e. The molecular formula is C21H23NO4S. The average Bonchev–Trinajstić information content (AvgIpc) is 3.28. The molecule has 27 heavy (non-hydrogen) atoms. The molecule has 1 aliphatic heterocycles. The molecule has 5 nitrogen and oxygen atoms in total. The number of ketones is 1. The molecule has 1 unspecified atom stereocenters. The minimum Gasteiger partial charge on any atom is -0.507 e. The van der Waals surface area contributed by atoms with E-state index < -0.39 is 17.7 Å². The van der Waals surface area contributed by atoms with E-state index in [1.807, 2.05) is 31.4 Å². The fourth-order valence-electron chi connectivity index (χ4n) is 3.24. The Bertz CT molecular complexity index is 857. The van der Waals surface area contributed by atoms with Crippen molar-refractivity contribution in [1.82, 2.24) is 4.90 Å². The molecule has 1 aromatic carbocycles. The van der Waals surface area contributed by atoms with Crippen LogP contribution in [-0.4, -0.2) is 34.8 Å². The Hall–Kier alpha value is -2.60. The van der Waals surface area contributed by atoms with E-state index in [1.165, 1.54) is 11.3 Å². The van der Waals surface area contributed by atoms with E-state index in [0.717, 1.165) is 17.7 Å². The second-order valence-electron chi connectivity index (χ2n) is 6.32. The van der Waals surface area contributed by atoms with Gasteiger partial charge in [0, 0.05) is 17.0 Å². The number of thiophene rings is 1. The van der Waals surface area contributed by atoms with Crippen LogP contribution in [0.1, 0.15) is 43.2 Å². The van der Waals surface area contributed by atoms with Gasteiger partial charge in [0.25, 0.3) is 11.7 Å². The highest BCUT2D eigenvalue weighted by atomic mass is 32.1. The summed E-state index contributed by atoms with van der Waals surface area (Å²) in [5.41, 5.74) is 0.614. The highest BCUT2D eigenvalue weighted by molar-refractivity contribution is 7.10. The third-order valence-electron chi connectivity index (χ3n) is 4.52. The summed E-state index contributed by atoms with van der Waals surface area (Å²) in [5.74, 6) is -0.741. The Labute approximate surface area is 162 Å². The molecule has 0 radical (unpaired) electrons.